The molecule has 0 saturated heterocycles. The van der Waals surface area contributed by atoms with Crippen LogP contribution in [0.25, 0.3) is 5.65 Å². The van der Waals surface area contributed by atoms with Crippen molar-refractivity contribution >= 4 is 22.9 Å². The van der Waals surface area contributed by atoms with Crippen LogP contribution in [0.4, 0.5) is 0 Å². The van der Waals surface area contributed by atoms with Gasteiger partial charge in [0.1, 0.15) is 5.56 Å². The van der Waals surface area contributed by atoms with Crippen molar-refractivity contribution in [1.29, 1.82) is 0 Å². The lowest BCUT2D eigenvalue weighted by Gasteiger charge is -2.23. The van der Waals surface area contributed by atoms with Crippen molar-refractivity contribution in [2.45, 2.75) is 45.6 Å². The van der Waals surface area contributed by atoms with Crippen LogP contribution in [0, 0.1) is 19.8 Å². The van der Waals surface area contributed by atoms with Gasteiger partial charge in [-0.25, -0.2) is 9.50 Å². The molecule has 0 spiro atoms. The number of aryl methyl sites for hydroxylation is 2. The summed E-state index contributed by atoms with van der Waals surface area (Å²) in [6.07, 6.45) is 6.48. The fraction of sp³-hybridized carbons (Fsp3) is 0.421. The summed E-state index contributed by atoms with van der Waals surface area (Å²) in [5.41, 5.74) is 3.05. The summed E-state index contributed by atoms with van der Waals surface area (Å²) in [5.74, 6) is 0.429. The number of carbonyl (C=O) groups is 1. The lowest BCUT2D eigenvalue weighted by atomic mass is 9.96. The van der Waals surface area contributed by atoms with E-state index >= 15 is 0 Å². The van der Waals surface area contributed by atoms with Crippen LogP contribution in [0.5, 0.6) is 0 Å². The van der Waals surface area contributed by atoms with E-state index in [0.717, 1.165) is 11.4 Å². The van der Waals surface area contributed by atoms with Crippen LogP contribution >= 0.6 is 11.3 Å². The van der Waals surface area contributed by atoms with Crippen molar-refractivity contribution in [1.82, 2.24) is 19.9 Å². The standard InChI is InChI=1S/C19H22N4OS/c1-12-10-13(2)23-18(21-12)15(11-20-23)19(24)22-17(14-6-3-4-7-14)16-8-5-9-25-16/h5,8-11,14,17H,3-4,6-7H2,1-2H3,(H,22,24)/t17-/m0/s1. The molecule has 5 nitrogen and oxygen atoms in total. The topological polar surface area (TPSA) is 59.3 Å². The molecule has 0 aliphatic heterocycles. The van der Waals surface area contributed by atoms with Gasteiger partial charge in [-0.05, 0) is 50.1 Å². The van der Waals surface area contributed by atoms with Crippen LogP contribution in [0.15, 0.2) is 29.8 Å². The molecule has 0 unspecified atom stereocenters. The fourth-order valence-corrected chi connectivity index (χ4v) is 4.70. The Kier molecular flexibility index (Phi) is 4.29. The van der Waals surface area contributed by atoms with Crippen molar-refractivity contribution in [2.24, 2.45) is 5.92 Å². The molecule has 3 heterocycles. The van der Waals surface area contributed by atoms with Gasteiger partial charge in [-0.3, -0.25) is 4.79 Å². The van der Waals surface area contributed by atoms with E-state index in [4.69, 9.17) is 0 Å². The van der Waals surface area contributed by atoms with Crippen LogP contribution in [-0.4, -0.2) is 20.5 Å². The monoisotopic (exact) mass is 354 g/mol. The van der Waals surface area contributed by atoms with E-state index in [0.29, 0.717) is 17.1 Å². The van der Waals surface area contributed by atoms with Gasteiger partial charge in [-0.2, -0.15) is 5.10 Å². The summed E-state index contributed by atoms with van der Waals surface area (Å²) in [5, 5.41) is 9.69. The second-order valence-corrected chi connectivity index (χ2v) is 7.82. The Morgan fingerprint density at radius 2 is 2.16 bits per heavy atom. The molecule has 1 aliphatic rings. The minimum absolute atomic E-state index is 0.0795. The van der Waals surface area contributed by atoms with E-state index in [1.54, 1.807) is 22.0 Å². The summed E-state index contributed by atoms with van der Waals surface area (Å²) in [7, 11) is 0. The number of nitrogens with one attached hydrogen (secondary N) is 1. The lowest BCUT2D eigenvalue weighted by Crippen LogP contribution is -2.32. The molecule has 1 amide bonds. The molecule has 6 heteroatoms. The number of amides is 1. The van der Waals surface area contributed by atoms with E-state index in [2.05, 4.69) is 32.9 Å². The molecule has 3 aromatic heterocycles. The Labute approximate surface area is 151 Å². The zero-order valence-electron chi connectivity index (χ0n) is 14.5. The third-order valence-electron chi connectivity index (χ3n) is 5.03. The first-order chi connectivity index (χ1) is 12.1. The van der Waals surface area contributed by atoms with E-state index in [1.807, 2.05) is 19.9 Å². The van der Waals surface area contributed by atoms with Crippen molar-refractivity contribution < 1.29 is 4.79 Å². The molecule has 1 fully saturated rings. The van der Waals surface area contributed by atoms with Crippen LogP contribution in [-0.2, 0) is 0 Å². The highest BCUT2D eigenvalue weighted by molar-refractivity contribution is 7.10. The van der Waals surface area contributed by atoms with Gasteiger partial charge in [0.25, 0.3) is 5.91 Å². The fourth-order valence-electron chi connectivity index (χ4n) is 3.83. The molecular formula is C19H22N4OS. The maximum absolute atomic E-state index is 13.0. The number of fused-ring (bicyclic) bond motifs is 1. The molecule has 1 N–H and O–H groups in total. The lowest BCUT2D eigenvalue weighted by molar-refractivity contribution is 0.0924. The zero-order valence-corrected chi connectivity index (χ0v) is 15.3. The highest BCUT2D eigenvalue weighted by Crippen LogP contribution is 2.37. The number of rotatable bonds is 4. The summed E-state index contributed by atoms with van der Waals surface area (Å²) >= 11 is 1.71. The van der Waals surface area contributed by atoms with Gasteiger partial charge in [-0.15, -0.1) is 11.3 Å². The average Bonchev–Trinajstić information content (AvgIpc) is 3.32. The molecule has 1 atom stereocenters. The Morgan fingerprint density at radius 3 is 2.88 bits per heavy atom. The first kappa shape index (κ1) is 16.3. The normalized spacial score (nSPS) is 16.4. The average molecular weight is 354 g/mol. The zero-order chi connectivity index (χ0) is 17.4. The maximum atomic E-state index is 13.0. The number of thiophene rings is 1. The van der Waals surface area contributed by atoms with Crippen LogP contribution in [0.1, 0.15) is 58.3 Å². The first-order valence-electron chi connectivity index (χ1n) is 8.80. The van der Waals surface area contributed by atoms with Gasteiger partial charge in [0.2, 0.25) is 0 Å². The Hall–Kier alpha value is -2.21. The van der Waals surface area contributed by atoms with Crippen LogP contribution in [0.3, 0.4) is 0 Å². The molecule has 3 aromatic rings. The molecular weight excluding hydrogens is 332 g/mol. The Bertz CT molecular complexity index is 894. The van der Waals surface area contributed by atoms with Crippen LogP contribution in [0.2, 0.25) is 0 Å². The van der Waals surface area contributed by atoms with Crippen molar-refractivity contribution in [3.05, 3.63) is 51.6 Å². The number of aromatic nitrogens is 3. The Morgan fingerprint density at radius 1 is 1.36 bits per heavy atom. The van der Waals surface area contributed by atoms with Crippen molar-refractivity contribution in [3.63, 3.8) is 0 Å². The predicted molar refractivity (Wildman–Crippen MR) is 98.9 cm³/mol. The minimum Gasteiger partial charge on any atom is -0.344 e. The van der Waals surface area contributed by atoms with Gasteiger partial charge in [0, 0.05) is 16.3 Å². The van der Waals surface area contributed by atoms with Gasteiger partial charge >= 0.3 is 0 Å². The van der Waals surface area contributed by atoms with Crippen molar-refractivity contribution in [3.8, 4) is 0 Å². The first-order valence-corrected chi connectivity index (χ1v) is 9.67. The number of nitrogens with zero attached hydrogens (tertiary/aromatic N) is 3. The van der Waals surface area contributed by atoms with E-state index in [9.17, 15) is 4.79 Å². The van der Waals surface area contributed by atoms with Gasteiger partial charge in [-0.1, -0.05) is 18.9 Å². The third kappa shape index (κ3) is 3.06. The summed E-state index contributed by atoms with van der Waals surface area (Å²) < 4.78 is 1.73. The maximum Gasteiger partial charge on any atom is 0.257 e. The molecule has 0 aromatic carbocycles. The highest BCUT2D eigenvalue weighted by atomic mass is 32.1. The highest BCUT2D eigenvalue weighted by Gasteiger charge is 2.29. The number of hydrogen-bond donors (Lipinski definition) is 1. The Balaban J connectivity index is 1.66. The predicted octanol–water partition coefficient (Wildman–Crippen LogP) is 4.07. The molecule has 0 radical (unpaired) electrons. The van der Waals surface area contributed by atoms with Crippen LogP contribution < -0.4 is 5.32 Å². The summed E-state index contributed by atoms with van der Waals surface area (Å²) in [6.45, 7) is 3.91. The van der Waals surface area contributed by atoms with E-state index in [1.165, 1.54) is 30.6 Å². The second-order valence-electron chi connectivity index (χ2n) is 6.84. The minimum atomic E-state index is -0.0854. The van der Waals surface area contributed by atoms with Gasteiger partial charge in [0.05, 0.1) is 12.2 Å². The molecule has 130 valence electrons. The summed E-state index contributed by atoms with van der Waals surface area (Å²) in [4.78, 5) is 18.8. The molecule has 1 aliphatic carbocycles. The smallest absolute Gasteiger partial charge is 0.257 e. The van der Waals surface area contributed by atoms with E-state index < -0.39 is 0 Å². The molecule has 1 saturated carbocycles. The van der Waals surface area contributed by atoms with Crippen molar-refractivity contribution in [2.75, 3.05) is 0 Å². The molecule has 4 rings (SSSR count). The number of hydrogen-bond acceptors (Lipinski definition) is 4. The van der Waals surface area contributed by atoms with E-state index in [-0.39, 0.29) is 11.9 Å². The molecule has 25 heavy (non-hydrogen) atoms. The third-order valence-corrected chi connectivity index (χ3v) is 5.99. The van der Waals surface area contributed by atoms with Gasteiger partial charge < -0.3 is 5.32 Å². The second kappa shape index (κ2) is 6.59. The summed E-state index contributed by atoms with van der Waals surface area (Å²) in [6, 6.07) is 6.22. The molecule has 0 bridgehead atoms. The van der Waals surface area contributed by atoms with Gasteiger partial charge in [0.15, 0.2) is 5.65 Å². The largest absolute Gasteiger partial charge is 0.344 e. The SMILES string of the molecule is Cc1cc(C)n2ncc(C(=O)N[C@H](c3cccs3)C3CCCC3)c2n1. The quantitative estimate of drug-likeness (QED) is 0.768. The number of carbonyl (C=O) groups excluding carboxylic acids is 1.